The molecule has 1 saturated carbocycles. The van der Waals surface area contributed by atoms with Crippen LogP contribution < -0.4 is 9.96 Å². The van der Waals surface area contributed by atoms with Gasteiger partial charge in [0, 0.05) is 11.1 Å². The molecule has 0 aromatic heterocycles. The van der Waals surface area contributed by atoms with Crippen LogP contribution in [0.3, 0.4) is 0 Å². The fraction of sp³-hybridized carbons (Fsp3) is 0.931. The minimum Gasteiger partial charge on any atom is -0.332 e. The van der Waals surface area contributed by atoms with Gasteiger partial charge < -0.3 is 9.96 Å². The highest BCUT2D eigenvalue weighted by Crippen LogP contribution is 2.57. The topological polar surface area (TPSA) is 24.1 Å². The quantitative estimate of drug-likeness (QED) is 0.287. The second-order valence-corrected chi connectivity index (χ2v) is 24.1. The highest BCUT2D eigenvalue weighted by Gasteiger charge is 2.58. The van der Waals surface area contributed by atoms with E-state index in [9.17, 15) is 0 Å². The van der Waals surface area contributed by atoms with Crippen molar-refractivity contribution in [1.82, 2.24) is 9.96 Å². The van der Waals surface area contributed by atoms with E-state index in [-0.39, 0.29) is 11.1 Å². The van der Waals surface area contributed by atoms with Gasteiger partial charge in [-0.2, -0.15) is 0 Å². The third kappa shape index (κ3) is 5.92. The molecule has 2 nitrogen and oxygen atoms in total. The third-order valence-corrected chi connectivity index (χ3v) is 23.6. The van der Waals surface area contributed by atoms with Crippen molar-refractivity contribution in [3.63, 3.8) is 0 Å². The molecule has 33 heavy (non-hydrogen) atoms. The van der Waals surface area contributed by atoms with E-state index in [1.807, 2.05) is 0 Å². The molecule has 194 valence electrons. The van der Waals surface area contributed by atoms with Crippen molar-refractivity contribution < 1.29 is 0 Å². The SMILES string of the molecule is CC1=C(C)C([Si](C)(C[Si](C)(NC(C)(C)C)C2C(C)C(C)C(C)C2C)NC(C)(C)C)C(C)C1C. The first-order valence-electron chi connectivity index (χ1n) is 13.9. The maximum atomic E-state index is 4.41. The minimum atomic E-state index is -1.88. The zero-order valence-corrected chi connectivity index (χ0v) is 27.3. The largest absolute Gasteiger partial charge is 0.332 e. The minimum absolute atomic E-state index is 0.144. The van der Waals surface area contributed by atoms with Crippen LogP contribution in [0.25, 0.3) is 0 Å². The molecule has 2 aliphatic carbocycles. The molecule has 0 saturated heterocycles. The van der Waals surface area contributed by atoms with E-state index in [4.69, 9.17) is 0 Å². The van der Waals surface area contributed by atoms with Gasteiger partial charge in [0.05, 0.1) is 0 Å². The van der Waals surface area contributed by atoms with Crippen molar-refractivity contribution in [3.05, 3.63) is 11.1 Å². The molecule has 1 fully saturated rings. The molecule has 0 heterocycles. The molecular formula is C29H60N2Si2. The molecule has 0 spiro atoms. The Morgan fingerprint density at radius 3 is 1.33 bits per heavy atom. The van der Waals surface area contributed by atoms with Crippen LogP contribution in [0.5, 0.6) is 0 Å². The van der Waals surface area contributed by atoms with E-state index in [2.05, 4.69) is 120 Å². The van der Waals surface area contributed by atoms with Crippen LogP contribution in [0.1, 0.15) is 96.9 Å². The summed E-state index contributed by atoms with van der Waals surface area (Å²) in [5.41, 5.74) is 6.64. The Morgan fingerprint density at radius 1 is 0.606 bits per heavy atom. The third-order valence-electron chi connectivity index (χ3n) is 10.2. The van der Waals surface area contributed by atoms with Crippen molar-refractivity contribution in [1.29, 1.82) is 0 Å². The van der Waals surface area contributed by atoms with Gasteiger partial charge in [0.2, 0.25) is 0 Å². The summed E-state index contributed by atoms with van der Waals surface area (Å²) >= 11 is 0. The van der Waals surface area contributed by atoms with Crippen molar-refractivity contribution in [2.75, 3.05) is 0 Å². The highest BCUT2D eigenvalue weighted by molar-refractivity contribution is 6.96. The lowest BCUT2D eigenvalue weighted by Crippen LogP contribution is -2.69. The molecule has 4 heteroatoms. The van der Waals surface area contributed by atoms with Crippen molar-refractivity contribution >= 4 is 16.5 Å². The van der Waals surface area contributed by atoms with Crippen LogP contribution in [-0.4, -0.2) is 27.5 Å². The Labute approximate surface area is 210 Å². The van der Waals surface area contributed by atoms with Gasteiger partial charge in [0.1, 0.15) is 16.5 Å². The second kappa shape index (κ2) is 9.52. The van der Waals surface area contributed by atoms with Gasteiger partial charge in [-0.3, -0.25) is 0 Å². The van der Waals surface area contributed by atoms with Gasteiger partial charge in [0.25, 0.3) is 0 Å². The predicted molar refractivity (Wildman–Crippen MR) is 155 cm³/mol. The van der Waals surface area contributed by atoms with Crippen molar-refractivity contribution in [3.8, 4) is 0 Å². The number of nitrogens with one attached hydrogen (secondary N) is 2. The molecule has 0 radical (unpaired) electrons. The van der Waals surface area contributed by atoms with E-state index in [1.54, 1.807) is 11.1 Å². The molecule has 2 aliphatic rings. The lowest BCUT2D eigenvalue weighted by Gasteiger charge is -2.52. The smallest absolute Gasteiger partial charge is 0.129 e. The lowest BCUT2D eigenvalue weighted by molar-refractivity contribution is 0.352. The lowest BCUT2D eigenvalue weighted by atomic mass is 9.92. The summed E-state index contributed by atoms with van der Waals surface area (Å²) in [6, 6.07) is 0. The summed E-state index contributed by atoms with van der Waals surface area (Å²) in [7, 11) is -3.72. The van der Waals surface area contributed by atoms with Crippen LogP contribution in [0.4, 0.5) is 0 Å². The van der Waals surface area contributed by atoms with Crippen LogP contribution >= 0.6 is 0 Å². The zero-order chi connectivity index (χ0) is 25.9. The van der Waals surface area contributed by atoms with Gasteiger partial charge in [-0.15, -0.1) is 0 Å². The Bertz CT molecular complexity index is 719. The maximum Gasteiger partial charge on any atom is 0.129 e. The first-order valence-corrected chi connectivity index (χ1v) is 19.5. The summed E-state index contributed by atoms with van der Waals surface area (Å²) in [5, 5.41) is 0. The fourth-order valence-electron chi connectivity index (χ4n) is 8.94. The standard InChI is InChI=1S/C29H60N2Si2/c1-18-19(2)23(6)26(22(18)5)32(15,30-28(9,10)11)17-33(16,31-29(12,13)14)27-24(7)20(3)21(4)25(27)8/h18-20,22-24,26-27,30-31H,17H2,1-16H3. The van der Waals surface area contributed by atoms with E-state index < -0.39 is 16.5 Å². The van der Waals surface area contributed by atoms with E-state index in [1.165, 1.54) is 5.67 Å². The molecule has 0 aromatic carbocycles. The average Bonchev–Trinajstić information content (AvgIpc) is 2.91. The molecule has 2 rings (SSSR count). The van der Waals surface area contributed by atoms with Crippen LogP contribution in [-0.2, 0) is 0 Å². The summed E-state index contributed by atoms with van der Waals surface area (Å²) in [4.78, 5) is 8.80. The normalized spacial score (nSPS) is 39.6. The number of rotatable bonds is 6. The molecule has 9 atom stereocenters. The average molecular weight is 493 g/mol. The molecule has 0 aliphatic heterocycles. The molecule has 2 N–H and O–H groups in total. The Balaban J connectivity index is 2.64. The molecule has 0 amide bonds. The second-order valence-electron chi connectivity index (χ2n) is 15.2. The molecule has 0 aromatic rings. The monoisotopic (exact) mass is 492 g/mol. The van der Waals surface area contributed by atoms with Gasteiger partial charge >= 0.3 is 0 Å². The number of allylic oxidation sites excluding steroid dienone is 2. The Morgan fingerprint density at radius 2 is 1.00 bits per heavy atom. The first kappa shape index (κ1) is 29.3. The van der Waals surface area contributed by atoms with E-state index >= 15 is 0 Å². The summed E-state index contributed by atoms with van der Waals surface area (Å²) in [6.45, 7) is 40.0. The van der Waals surface area contributed by atoms with E-state index in [0.29, 0.717) is 5.92 Å². The fourth-order valence-corrected chi connectivity index (χ4v) is 26.9. The number of hydrogen-bond acceptors (Lipinski definition) is 2. The van der Waals surface area contributed by atoms with Crippen LogP contribution in [0.2, 0.25) is 29.8 Å². The van der Waals surface area contributed by atoms with Gasteiger partial charge in [0.15, 0.2) is 0 Å². The van der Waals surface area contributed by atoms with Gasteiger partial charge in [-0.1, -0.05) is 65.8 Å². The van der Waals surface area contributed by atoms with Gasteiger partial charge in [-0.25, -0.2) is 0 Å². The van der Waals surface area contributed by atoms with Gasteiger partial charge in [-0.05, 0) is 108 Å². The molecular weight excluding hydrogens is 433 g/mol. The van der Waals surface area contributed by atoms with Crippen LogP contribution in [0.15, 0.2) is 11.1 Å². The van der Waals surface area contributed by atoms with Crippen LogP contribution in [0, 0.1) is 35.5 Å². The summed E-state index contributed by atoms with van der Waals surface area (Å²) in [5.74, 6) is 4.67. The van der Waals surface area contributed by atoms with Crippen molar-refractivity contribution in [2.45, 2.75) is 138 Å². The predicted octanol–water partition coefficient (Wildman–Crippen LogP) is 8.37. The van der Waals surface area contributed by atoms with E-state index in [0.717, 1.165) is 40.7 Å². The molecule has 0 bridgehead atoms. The summed E-state index contributed by atoms with van der Waals surface area (Å²) in [6.07, 6.45) is 0. The summed E-state index contributed by atoms with van der Waals surface area (Å²) < 4.78 is 0. The maximum absolute atomic E-state index is 4.41. The Kier molecular flexibility index (Phi) is 8.46. The first-order chi connectivity index (χ1) is 14.7. The zero-order valence-electron chi connectivity index (χ0n) is 25.3. The highest BCUT2D eigenvalue weighted by atomic mass is 28.4. The number of hydrogen-bond donors (Lipinski definition) is 2. The Hall–Kier alpha value is 0.0938. The van der Waals surface area contributed by atoms with Crippen molar-refractivity contribution in [2.24, 2.45) is 35.5 Å². The molecule has 9 unspecified atom stereocenters.